The van der Waals surface area contributed by atoms with E-state index >= 15 is 0 Å². The number of likely N-dealkylation sites (tertiary alicyclic amines) is 1. The first kappa shape index (κ1) is 19.9. The summed E-state index contributed by atoms with van der Waals surface area (Å²) in [6, 6.07) is 14.8. The Morgan fingerprint density at radius 3 is 2.61 bits per heavy atom. The largest absolute Gasteiger partial charge is 0.342 e. The third-order valence-electron chi connectivity index (χ3n) is 4.64. The van der Waals surface area contributed by atoms with Crippen LogP contribution in [-0.4, -0.2) is 35.7 Å². The van der Waals surface area contributed by atoms with Crippen LogP contribution in [0.3, 0.4) is 0 Å². The monoisotopic (exact) mass is 399 g/mol. The predicted octanol–water partition coefficient (Wildman–Crippen LogP) is 3.33. The second-order valence-electron chi connectivity index (χ2n) is 6.84. The zero-order valence-electron chi connectivity index (χ0n) is 15.6. The minimum absolute atomic E-state index is 0.0193. The van der Waals surface area contributed by atoms with Gasteiger partial charge in [-0.25, -0.2) is 0 Å². The molecule has 1 fully saturated rings. The van der Waals surface area contributed by atoms with E-state index in [4.69, 9.17) is 11.6 Å². The van der Waals surface area contributed by atoms with Gasteiger partial charge in [-0.3, -0.25) is 14.4 Å². The second-order valence-corrected chi connectivity index (χ2v) is 7.25. The van der Waals surface area contributed by atoms with E-state index in [1.54, 1.807) is 23.1 Å². The number of anilines is 2. The Hall–Kier alpha value is -2.86. The maximum absolute atomic E-state index is 12.6. The quantitative estimate of drug-likeness (QED) is 0.782. The molecule has 3 amide bonds. The Labute approximate surface area is 168 Å². The number of nitrogens with one attached hydrogen (secondary N) is 2. The topological polar surface area (TPSA) is 78.5 Å². The minimum Gasteiger partial charge on any atom is -0.342 e. The molecule has 0 spiro atoms. The normalized spacial score (nSPS) is 16.1. The molecule has 0 aromatic heterocycles. The van der Waals surface area contributed by atoms with Gasteiger partial charge in [-0.1, -0.05) is 41.9 Å². The van der Waals surface area contributed by atoms with Crippen LogP contribution in [-0.2, 0) is 20.8 Å². The van der Waals surface area contributed by atoms with Gasteiger partial charge in [-0.05, 0) is 30.2 Å². The molecule has 6 nitrogen and oxygen atoms in total. The van der Waals surface area contributed by atoms with Crippen molar-refractivity contribution in [2.24, 2.45) is 5.92 Å². The number of carbonyl (C=O) groups is 3. The van der Waals surface area contributed by atoms with Crippen LogP contribution in [0.2, 0.25) is 5.02 Å². The third-order valence-corrected chi connectivity index (χ3v) is 4.97. The molecule has 1 aliphatic heterocycles. The molecule has 0 radical (unpaired) electrons. The lowest BCUT2D eigenvalue weighted by atomic mass is 10.1. The van der Waals surface area contributed by atoms with Gasteiger partial charge in [-0.15, -0.1) is 0 Å². The standard InChI is InChI=1S/C21H22ClN3O3/c1-14(26)23-17-7-8-18(22)19(12-17)24-21(28)16-11-20(27)25(13-16)10-9-15-5-3-2-4-6-15/h2-8,12,16H,9-11,13H2,1H3,(H,23,26)(H,24,28). The number of hydrogen-bond donors (Lipinski definition) is 2. The van der Waals surface area contributed by atoms with Crippen molar-refractivity contribution in [1.29, 1.82) is 0 Å². The van der Waals surface area contributed by atoms with Crippen molar-refractivity contribution in [3.8, 4) is 0 Å². The van der Waals surface area contributed by atoms with Crippen molar-refractivity contribution >= 4 is 40.7 Å². The summed E-state index contributed by atoms with van der Waals surface area (Å²) in [5.41, 5.74) is 2.11. The molecule has 1 atom stereocenters. The fourth-order valence-corrected chi connectivity index (χ4v) is 3.37. The molecule has 2 aromatic rings. The van der Waals surface area contributed by atoms with Crippen molar-refractivity contribution in [1.82, 2.24) is 4.90 Å². The first-order valence-corrected chi connectivity index (χ1v) is 9.50. The Morgan fingerprint density at radius 1 is 1.14 bits per heavy atom. The molecule has 1 saturated heterocycles. The molecule has 2 aromatic carbocycles. The predicted molar refractivity (Wildman–Crippen MR) is 109 cm³/mol. The molecule has 2 N–H and O–H groups in total. The molecule has 1 heterocycles. The average Bonchev–Trinajstić information content (AvgIpc) is 3.04. The van der Waals surface area contributed by atoms with Gasteiger partial charge < -0.3 is 15.5 Å². The Kier molecular flexibility index (Phi) is 6.31. The molecule has 146 valence electrons. The van der Waals surface area contributed by atoms with Crippen molar-refractivity contribution in [3.05, 3.63) is 59.1 Å². The summed E-state index contributed by atoms with van der Waals surface area (Å²) in [4.78, 5) is 37.8. The molecule has 0 bridgehead atoms. The maximum Gasteiger partial charge on any atom is 0.229 e. The van der Waals surface area contributed by atoms with Gasteiger partial charge in [-0.2, -0.15) is 0 Å². The molecule has 28 heavy (non-hydrogen) atoms. The van der Waals surface area contributed by atoms with Gasteiger partial charge in [0.1, 0.15) is 0 Å². The Balaban J connectivity index is 1.59. The summed E-state index contributed by atoms with van der Waals surface area (Å²) in [5, 5.41) is 5.80. The number of halogens is 1. The number of carbonyl (C=O) groups excluding carboxylic acids is 3. The van der Waals surface area contributed by atoms with Crippen LogP contribution in [0.15, 0.2) is 48.5 Å². The lowest BCUT2D eigenvalue weighted by Crippen LogP contribution is -2.30. The van der Waals surface area contributed by atoms with E-state index in [1.807, 2.05) is 30.3 Å². The summed E-state index contributed by atoms with van der Waals surface area (Å²) in [5.74, 6) is -0.912. The summed E-state index contributed by atoms with van der Waals surface area (Å²) < 4.78 is 0. The summed E-state index contributed by atoms with van der Waals surface area (Å²) in [7, 11) is 0. The smallest absolute Gasteiger partial charge is 0.229 e. The number of nitrogens with zero attached hydrogens (tertiary/aromatic N) is 1. The highest BCUT2D eigenvalue weighted by Gasteiger charge is 2.34. The fourth-order valence-electron chi connectivity index (χ4n) is 3.21. The fraction of sp³-hybridized carbons (Fsp3) is 0.286. The van der Waals surface area contributed by atoms with E-state index in [1.165, 1.54) is 6.92 Å². The lowest BCUT2D eigenvalue weighted by molar-refractivity contribution is -0.128. The zero-order chi connectivity index (χ0) is 20.1. The van der Waals surface area contributed by atoms with E-state index < -0.39 is 5.92 Å². The van der Waals surface area contributed by atoms with E-state index in [9.17, 15) is 14.4 Å². The second kappa shape index (κ2) is 8.89. The van der Waals surface area contributed by atoms with Crippen LogP contribution < -0.4 is 10.6 Å². The highest BCUT2D eigenvalue weighted by molar-refractivity contribution is 6.34. The number of rotatable bonds is 6. The van der Waals surface area contributed by atoms with Crippen LogP contribution in [0.1, 0.15) is 18.9 Å². The van der Waals surface area contributed by atoms with Crippen molar-refractivity contribution in [3.63, 3.8) is 0 Å². The van der Waals surface area contributed by atoms with E-state index in [0.717, 1.165) is 12.0 Å². The van der Waals surface area contributed by atoms with Gasteiger partial charge in [0.2, 0.25) is 17.7 Å². The van der Waals surface area contributed by atoms with Crippen LogP contribution in [0.4, 0.5) is 11.4 Å². The molecule has 3 rings (SSSR count). The number of benzene rings is 2. The molecule has 7 heteroatoms. The first-order valence-electron chi connectivity index (χ1n) is 9.12. The molecule has 0 aliphatic carbocycles. The Morgan fingerprint density at radius 2 is 1.89 bits per heavy atom. The molecule has 1 aliphatic rings. The SMILES string of the molecule is CC(=O)Nc1ccc(Cl)c(NC(=O)C2CC(=O)N(CCc3ccccc3)C2)c1. The van der Waals surface area contributed by atoms with Gasteiger partial charge in [0.25, 0.3) is 0 Å². The summed E-state index contributed by atoms with van der Waals surface area (Å²) >= 11 is 6.15. The maximum atomic E-state index is 12.6. The van der Waals surface area contributed by atoms with Crippen molar-refractivity contribution in [2.45, 2.75) is 19.8 Å². The van der Waals surface area contributed by atoms with Crippen LogP contribution in [0.25, 0.3) is 0 Å². The van der Waals surface area contributed by atoms with Crippen LogP contribution in [0, 0.1) is 5.92 Å². The Bertz CT molecular complexity index is 886. The van der Waals surface area contributed by atoms with Gasteiger partial charge in [0.05, 0.1) is 16.6 Å². The van der Waals surface area contributed by atoms with E-state index in [-0.39, 0.29) is 24.1 Å². The summed E-state index contributed by atoms with van der Waals surface area (Å²) in [6.45, 7) is 2.38. The van der Waals surface area contributed by atoms with Crippen molar-refractivity contribution < 1.29 is 14.4 Å². The van der Waals surface area contributed by atoms with Crippen LogP contribution in [0.5, 0.6) is 0 Å². The third kappa shape index (κ3) is 5.10. The zero-order valence-corrected chi connectivity index (χ0v) is 16.3. The van der Waals surface area contributed by atoms with E-state index in [0.29, 0.717) is 29.5 Å². The van der Waals surface area contributed by atoms with Gasteiger partial charge in [0.15, 0.2) is 0 Å². The van der Waals surface area contributed by atoms with E-state index in [2.05, 4.69) is 10.6 Å². The van der Waals surface area contributed by atoms with Crippen molar-refractivity contribution in [2.75, 3.05) is 23.7 Å². The van der Waals surface area contributed by atoms with Gasteiger partial charge in [0, 0.05) is 32.1 Å². The highest BCUT2D eigenvalue weighted by atomic mass is 35.5. The molecule has 1 unspecified atom stereocenters. The highest BCUT2D eigenvalue weighted by Crippen LogP contribution is 2.27. The first-order chi connectivity index (χ1) is 13.4. The molecular weight excluding hydrogens is 378 g/mol. The number of hydrogen-bond acceptors (Lipinski definition) is 3. The van der Waals surface area contributed by atoms with Crippen LogP contribution >= 0.6 is 11.6 Å². The molecule has 0 saturated carbocycles. The lowest BCUT2D eigenvalue weighted by Gasteiger charge is -2.17. The average molecular weight is 400 g/mol. The summed E-state index contributed by atoms with van der Waals surface area (Å²) in [6.07, 6.45) is 0.940. The molecular formula is C21H22ClN3O3. The van der Waals surface area contributed by atoms with Gasteiger partial charge >= 0.3 is 0 Å². The number of amides is 3. The minimum atomic E-state index is -0.427.